The molecule has 6 heteroatoms. The number of aromatic nitrogens is 1. The van der Waals surface area contributed by atoms with E-state index in [2.05, 4.69) is 27.0 Å². The third kappa shape index (κ3) is 5.09. The zero-order valence-electron chi connectivity index (χ0n) is 18.7. The monoisotopic (exact) mass is 432 g/mol. The summed E-state index contributed by atoms with van der Waals surface area (Å²) in [5, 5.41) is 3.95. The second-order valence-corrected chi connectivity index (χ2v) is 8.44. The Kier molecular flexibility index (Phi) is 7.35. The lowest BCUT2D eigenvalue weighted by Gasteiger charge is -2.38. The zero-order valence-corrected chi connectivity index (χ0v) is 18.7. The van der Waals surface area contributed by atoms with Crippen molar-refractivity contribution in [1.82, 2.24) is 20.1 Å². The van der Waals surface area contributed by atoms with E-state index in [9.17, 15) is 9.59 Å². The molecular weight excluding hydrogens is 400 g/mol. The molecule has 1 fully saturated rings. The van der Waals surface area contributed by atoms with Crippen LogP contribution in [0.4, 0.5) is 0 Å². The number of rotatable bonds is 9. The number of hydrogen-bond acceptors (Lipinski definition) is 4. The summed E-state index contributed by atoms with van der Waals surface area (Å²) in [5.74, 6) is 0.195. The topological polar surface area (TPSA) is 68.4 Å². The summed E-state index contributed by atoms with van der Waals surface area (Å²) in [6.45, 7) is 6.31. The molecular formula is C26H32N4O2. The van der Waals surface area contributed by atoms with Crippen LogP contribution < -0.4 is 5.32 Å². The number of carbonyl (C=O) groups excluding carboxylic acids is 2. The Hall–Kier alpha value is -2.96. The quantitative estimate of drug-likeness (QED) is 0.400. The number of nitrogens with one attached hydrogen (secondary N) is 2. The predicted molar refractivity (Wildman–Crippen MR) is 128 cm³/mol. The molecule has 1 aromatic heterocycles. The van der Waals surface area contributed by atoms with E-state index < -0.39 is 0 Å². The molecule has 0 radical (unpaired) electrons. The molecule has 0 spiro atoms. The van der Waals surface area contributed by atoms with E-state index in [1.54, 1.807) is 0 Å². The summed E-state index contributed by atoms with van der Waals surface area (Å²) in [6, 6.07) is 17.6. The Morgan fingerprint density at radius 1 is 1.00 bits per heavy atom. The standard InChI is InChI=1S/C26H32N4O2/c1-2-3-13-27-24(31)19-29-14-16-30(17-15-29)25(20-9-5-4-6-10-20)26(32)22-18-28-23-12-8-7-11-21(22)23/h4-12,18,25,28H,2-3,13-17,19H2,1H3,(H,27,31)/t25-/m0/s1. The average Bonchev–Trinajstić information content (AvgIpc) is 3.25. The Morgan fingerprint density at radius 2 is 1.72 bits per heavy atom. The van der Waals surface area contributed by atoms with Crippen LogP contribution in [0.5, 0.6) is 0 Å². The minimum atomic E-state index is -0.337. The summed E-state index contributed by atoms with van der Waals surface area (Å²) < 4.78 is 0. The molecule has 1 amide bonds. The van der Waals surface area contributed by atoms with Gasteiger partial charge in [0.25, 0.3) is 0 Å². The summed E-state index contributed by atoms with van der Waals surface area (Å²) in [6.07, 6.45) is 3.92. The van der Waals surface area contributed by atoms with Gasteiger partial charge in [-0.3, -0.25) is 19.4 Å². The molecule has 2 heterocycles. The Labute approximate surface area is 189 Å². The minimum absolute atomic E-state index is 0.0846. The molecule has 2 N–H and O–H groups in total. The number of H-pyrrole nitrogens is 1. The van der Waals surface area contributed by atoms with Gasteiger partial charge in [0.15, 0.2) is 5.78 Å². The smallest absolute Gasteiger partial charge is 0.234 e. The number of ketones is 1. The van der Waals surface area contributed by atoms with E-state index in [1.165, 1.54) is 0 Å². The zero-order chi connectivity index (χ0) is 22.3. The molecule has 1 aliphatic heterocycles. The van der Waals surface area contributed by atoms with Gasteiger partial charge in [-0.2, -0.15) is 0 Å². The first-order valence-electron chi connectivity index (χ1n) is 11.6. The lowest BCUT2D eigenvalue weighted by atomic mass is 9.95. The van der Waals surface area contributed by atoms with Crippen LogP contribution in [-0.2, 0) is 4.79 Å². The number of unbranched alkanes of at least 4 members (excludes halogenated alkanes) is 1. The number of hydrogen-bond donors (Lipinski definition) is 2. The molecule has 1 aliphatic rings. The second kappa shape index (κ2) is 10.6. The Balaban J connectivity index is 1.48. The van der Waals surface area contributed by atoms with Crippen molar-refractivity contribution in [3.05, 3.63) is 71.9 Å². The van der Waals surface area contributed by atoms with Crippen molar-refractivity contribution in [2.45, 2.75) is 25.8 Å². The fourth-order valence-electron chi connectivity index (χ4n) is 4.43. The lowest BCUT2D eigenvalue weighted by molar-refractivity contribution is -0.122. The van der Waals surface area contributed by atoms with Crippen molar-refractivity contribution in [3.63, 3.8) is 0 Å². The van der Waals surface area contributed by atoms with Crippen LogP contribution in [0.15, 0.2) is 60.8 Å². The number of carbonyl (C=O) groups is 2. The van der Waals surface area contributed by atoms with Crippen LogP contribution in [0, 0.1) is 0 Å². The molecule has 3 aromatic rings. The van der Waals surface area contributed by atoms with E-state index in [1.807, 2.05) is 60.8 Å². The van der Waals surface area contributed by atoms with Gasteiger partial charge < -0.3 is 10.3 Å². The maximum Gasteiger partial charge on any atom is 0.234 e. The molecule has 168 valence electrons. The van der Waals surface area contributed by atoms with Gasteiger partial charge in [-0.25, -0.2) is 0 Å². The highest BCUT2D eigenvalue weighted by Gasteiger charge is 2.32. The summed E-state index contributed by atoms with van der Waals surface area (Å²) in [5.41, 5.74) is 2.71. The summed E-state index contributed by atoms with van der Waals surface area (Å²) >= 11 is 0. The highest BCUT2D eigenvalue weighted by atomic mass is 16.2. The van der Waals surface area contributed by atoms with Gasteiger partial charge in [-0.1, -0.05) is 61.9 Å². The maximum atomic E-state index is 13.8. The first-order valence-corrected chi connectivity index (χ1v) is 11.6. The van der Waals surface area contributed by atoms with Gasteiger partial charge in [-0.15, -0.1) is 0 Å². The van der Waals surface area contributed by atoms with Crippen molar-refractivity contribution in [3.8, 4) is 0 Å². The number of piperazine rings is 1. The molecule has 1 saturated heterocycles. The predicted octanol–water partition coefficient (Wildman–Crippen LogP) is 3.63. The van der Waals surface area contributed by atoms with Crippen molar-refractivity contribution in [2.24, 2.45) is 0 Å². The van der Waals surface area contributed by atoms with E-state index >= 15 is 0 Å². The molecule has 0 unspecified atom stereocenters. The maximum absolute atomic E-state index is 13.8. The van der Waals surface area contributed by atoms with E-state index in [-0.39, 0.29) is 17.7 Å². The first kappa shape index (κ1) is 22.2. The van der Waals surface area contributed by atoms with Gasteiger partial charge in [-0.05, 0) is 18.1 Å². The number of fused-ring (bicyclic) bond motifs is 1. The van der Waals surface area contributed by atoms with E-state index in [0.717, 1.165) is 67.6 Å². The van der Waals surface area contributed by atoms with Crippen molar-refractivity contribution < 1.29 is 9.59 Å². The third-order valence-corrected chi connectivity index (χ3v) is 6.21. The molecule has 4 rings (SSSR count). The first-order chi connectivity index (χ1) is 15.7. The van der Waals surface area contributed by atoms with Crippen LogP contribution >= 0.6 is 0 Å². The fourth-order valence-corrected chi connectivity index (χ4v) is 4.43. The molecule has 0 aliphatic carbocycles. The number of para-hydroxylation sites is 1. The lowest BCUT2D eigenvalue weighted by Crippen LogP contribution is -2.51. The SMILES string of the molecule is CCCCNC(=O)CN1CCN([C@H](C(=O)c2c[nH]c3ccccc23)c2ccccc2)CC1. The Bertz CT molecular complexity index is 1040. The normalized spacial score (nSPS) is 16.2. The van der Waals surface area contributed by atoms with Gasteiger partial charge in [0, 0.05) is 55.4 Å². The number of nitrogens with zero attached hydrogens (tertiary/aromatic N) is 2. The number of Topliss-reactive ketones (excluding diaryl/α,β-unsaturated/α-hetero) is 1. The van der Waals surface area contributed by atoms with Gasteiger partial charge in [0.1, 0.15) is 0 Å². The van der Waals surface area contributed by atoms with Crippen molar-refractivity contribution in [1.29, 1.82) is 0 Å². The summed E-state index contributed by atoms with van der Waals surface area (Å²) in [4.78, 5) is 33.6. The number of amides is 1. The van der Waals surface area contributed by atoms with Gasteiger partial charge in [0.05, 0.1) is 12.6 Å². The molecule has 2 aromatic carbocycles. The van der Waals surface area contributed by atoms with Crippen LogP contribution in [0.1, 0.15) is 41.7 Å². The van der Waals surface area contributed by atoms with E-state index in [0.29, 0.717) is 6.54 Å². The number of aromatic amines is 1. The molecule has 0 saturated carbocycles. The minimum Gasteiger partial charge on any atom is -0.360 e. The highest BCUT2D eigenvalue weighted by Crippen LogP contribution is 2.29. The largest absolute Gasteiger partial charge is 0.360 e. The molecule has 0 bridgehead atoms. The van der Waals surface area contributed by atoms with Crippen LogP contribution in [0.25, 0.3) is 10.9 Å². The van der Waals surface area contributed by atoms with Crippen LogP contribution in [0.3, 0.4) is 0 Å². The molecule has 32 heavy (non-hydrogen) atoms. The molecule has 1 atom stereocenters. The van der Waals surface area contributed by atoms with E-state index in [4.69, 9.17) is 0 Å². The fraction of sp³-hybridized carbons (Fsp3) is 0.385. The van der Waals surface area contributed by atoms with Crippen molar-refractivity contribution in [2.75, 3.05) is 39.3 Å². The molecule has 6 nitrogen and oxygen atoms in total. The average molecular weight is 433 g/mol. The van der Waals surface area contributed by atoms with Crippen molar-refractivity contribution >= 4 is 22.6 Å². The van der Waals surface area contributed by atoms with Gasteiger partial charge >= 0.3 is 0 Å². The van der Waals surface area contributed by atoms with Crippen LogP contribution in [0.2, 0.25) is 0 Å². The third-order valence-electron chi connectivity index (χ3n) is 6.21. The second-order valence-electron chi connectivity index (χ2n) is 8.44. The highest BCUT2D eigenvalue weighted by molar-refractivity contribution is 6.10. The van der Waals surface area contributed by atoms with Crippen LogP contribution in [-0.4, -0.2) is 65.7 Å². The number of benzene rings is 2. The Morgan fingerprint density at radius 3 is 2.47 bits per heavy atom. The summed E-state index contributed by atoms with van der Waals surface area (Å²) in [7, 11) is 0. The van der Waals surface area contributed by atoms with Gasteiger partial charge in [0.2, 0.25) is 5.91 Å².